The smallest absolute Gasteiger partial charge is 0.306 e. The van der Waals surface area contributed by atoms with Gasteiger partial charge in [-0.25, -0.2) is 0 Å². The fourth-order valence-electron chi connectivity index (χ4n) is 1.12. The number of carbonyl (C=O) groups excluding carboxylic acids is 2. The summed E-state index contributed by atoms with van der Waals surface area (Å²) < 4.78 is 9.48. The molecule has 68 valence electrons. The maximum absolute atomic E-state index is 10.6. The Labute approximate surface area is 70.8 Å². The van der Waals surface area contributed by atoms with Crippen LogP contribution in [-0.2, 0) is 19.1 Å². The van der Waals surface area contributed by atoms with Crippen LogP contribution in [0.15, 0.2) is 0 Å². The van der Waals surface area contributed by atoms with Crippen LogP contribution in [0.1, 0.15) is 19.8 Å². The summed E-state index contributed by atoms with van der Waals surface area (Å²) in [5.41, 5.74) is 0. The van der Waals surface area contributed by atoms with E-state index in [1.165, 1.54) is 6.92 Å². The molecule has 0 N–H and O–H groups in total. The number of carbonyl (C=O) groups is 2. The van der Waals surface area contributed by atoms with Crippen molar-refractivity contribution in [3.63, 3.8) is 0 Å². The molecule has 0 saturated carbocycles. The summed E-state index contributed by atoms with van der Waals surface area (Å²) in [6, 6.07) is 0. The molecule has 1 aliphatic heterocycles. The van der Waals surface area contributed by atoms with Gasteiger partial charge in [-0.2, -0.15) is 0 Å². The molecule has 0 aliphatic carbocycles. The van der Waals surface area contributed by atoms with E-state index in [1.54, 1.807) is 0 Å². The van der Waals surface area contributed by atoms with E-state index in [2.05, 4.69) is 0 Å². The number of cyclic esters (lactones) is 1. The third-order valence-electron chi connectivity index (χ3n) is 1.77. The van der Waals surface area contributed by atoms with E-state index in [0.717, 1.165) is 0 Å². The zero-order valence-electron chi connectivity index (χ0n) is 7.04. The molecule has 1 rings (SSSR count). The van der Waals surface area contributed by atoms with Crippen molar-refractivity contribution in [3.8, 4) is 0 Å². The van der Waals surface area contributed by atoms with Gasteiger partial charge < -0.3 is 9.47 Å². The Morgan fingerprint density at radius 3 is 3.00 bits per heavy atom. The molecule has 0 radical (unpaired) electrons. The van der Waals surface area contributed by atoms with Gasteiger partial charge in [0.2, 0.25) is 0 Å². The van der Waals surface area contributed by atoms with Crippen LogP contribution in [0.4, 0.5) is 0 Å². The van der Waals surface area contributed by atoms with Crippen molar-refractivity contribution in [2.75, 3.05) is 13.2 Å². The van der Waals surface area contributed by atoms with Gasteiger partial charge in [0, 0.05) is 12.8 Å². The van der Waals surface area contributed by atoms with E-state index in [-0.39, 0.29) is 17.9 Å². The third-order valence-corrected chi connectivity index (χ3v) is 1.77. The highest BCUT2D eigenvalue weighted by Crippen LogP contribution is 2.17. The SMILES string of the molecule is CC(=O)OCCC1COC(=O)C1. The largest absolute Gasteiger partial charge is 0.466 e. The van der Waals surface area contributed by atoms with Crippen LogP contribution >= 0.6 is 0 Å². The van der Waals surface area contributed by atoms with E-state index >= 15 is 0 Å². The van der Waals surface area contributed by atoms with Crippen LogP contribution in [-0.4, -0.2) is 25.2 Å². The first-order valence-electron chi connectivity index (χ1n) is 3.97. The number of rotatable bonds is 3. The molecule has 0 bridgehead atoms. The molecular weight excluding hydrogens is 160 g/mol. The quantitative estimate of drug-likeness (QED) is 0.582. The normalized spacial score (nSPS) is 22.1. The van der Waals surface area contributed by atoms with E-state index in [4.69, 9.17) is 9.47 Å². The summed E-state index contributed by atoms with van der Waals surface area (Å²) in [4.78, 5) is 21.0. The fourth-order valence-corrected chi connectivity index (χ4v) is 1.12. The lowest BCUT2D eigenvalue weighted by Crippen LogP contribution is -2.07. The highest BCUT2D eigenvalue weighted by atomic mass is 16.5. The molecule has 0 spiro atoms. The van der Waals surface area contributed by atoms with Gasteiger partial charge in [-0.15, -0.1) is 0 Å². The topological polar surface area (TPSA) is 52.6 Å². The molecule has 1 unspecified atom stereocenters. The van der Waals surface area contributed by atoms with Crippen molar-refractivity contribution in [2.45, 2.75) is 19.8 Å². The number of hydrogen-bond acceptors (Lipinski definition) is 4. The Morgan fingerprint density at radius 1 is 1.75 bits per heavy atom. The zero-order valence-corrected chi connectivity index (χ0v) is 7.04. The van der Waals surface area contributed by atoms with Gasteiger partial charge in [0.05, 0.1) is 19.6 Å². The molecular formula is C8H12O4. The lowest BCUT2D eigenvalue weighted by Gasteiger charge is -2.04. The van der Waals surface area contributed by atoms with Crippen LogP contribution in [0.5, 0.6) is 0 Å². The molecule has 1 heterocycles. The second-order valence-corrected chi connectivity index (χ2v) is 2.88. The Kier molecular flexibility index (Phi) is 3.08. The maximum atomic E-state index is 10.6. The maximum Gasteiger partial charge on any atom is 0.306 e. The number of hydrogen-bond donors (Lipinski definition) is 0. The van der Waals surface area contributed by atoms with E-state index < -0.39 is 0 Å². The monoisotopic (exact) mass is 172 g/mol. The Morgan fingerprint density at radius 2 is 2.50 bits per heavy atom. The Hall–Kier alpha value is -1.06. The van der Waals surface area contributed by atoms with Gasteiger partial charge in [0.15, 0.2) is 0 Å². The molecule has 4 nitrogen and oxygen atoms in total. The first kappa shape index (κ1) is 9.03. The number of esters is 2. The molecule has 4 heteroatoms. The second kappa shape index (κ2) is 4.09. The van der Waals surface area contributed by atoms with Crippen molar-refractivity contribution in [3.05, 3.63) is 0 Å². The van der Waals surface area contributed by atoms with Crippen LogP contribution in [0, 0.1) is 5.92 Å². The summed E-state index contributed by atoms with van der Waals surface area (Å²) >= 11 is 0. The summed E-state index contributed by atoms with van der Waals surface area (Å²) in [7, 11) is 0. The highest BCUT2D eigenvalue weighted by molar-refractivity contribution is 5.71. The average Bonchev–Trinajstić information content (AvgIpc) is 2.35. The van der Waals surface area contributed by atoms with Crippen LogP contribution < -0.4 is 0 Å². The fraction of sp³-hybridized carbons (Fsp3) is 0.750. The van der Waals surface area contributed by atoms with Gasteiger partial charge >= 0.3 is 11.9 Å². The van der Waals surface area contributed by atoms with Gasteiger partial charge in [0.1, 0.15) is 0 Å². The average molecular weight is 172 g/mol. The molecule has 0 aromatic carbocycles. The molecule has 0 aromatic heterocycles. The molecule has 0 amide bonds. The lowest BCUT2D eigenvalue weighted by atomic mass is 10.1. The third kappa shape index (κ3) is 2.90. The van der Waals surface area contributed by atoms with Crippen molar-refractivity contribution in [1.82, 2.24) is 0 Å². The van der Waals surface area contributed by atoms with Gasteiger partial charge in [-0.1, -0.05) is 0 Å². The summed E-state index contributed by atoms with van der Waals surface area (Å²) in [6.45, 7) is 2.23. The van der Waals surface area contributed by atoms with E-state index in [1.807, 2.05) is 0 Å². The van der Waals surface area contributed by atoms with E-state index in [0.29, 0.717) is 26.1 Å². The van der Waals surface area contributed by atoms with Crippen LogP contribution in [0.2, 0.25) is 0 Å². The molecule has 0 aromatic rings. The van der Waals surface area contributed by atoms with Gasteiger partial charge in [-0.3, -0.25) is 9.59 Å². The molecule has 1 aliphatic rings. The first-order valence-corrected chi connectivity index (χ1v) is 3.97. The predicted molar refractivity (Wildman–Crippen MR) is 40.3 cm³/mol. The molecule has 1 fully saturated rings. The standard InChI is InChI=1S/C8H12O4/c1-6(9)11-3-2-7-4-8(10)12-5-7/h7H,2-5H2,1H3. The first-order chi connectivity index (χ1) is 5.68. The zero-order chi connectivity index (χ0) is 8.97. The van der Waals surface area contributed by atoms with Crippen molar-refractivity contribution in [1.29, 1.82) is 0 Å². The molecule has 1 saturated heterocycles. The minimum absolute atomic E-state index is 0.150. The number of ether oxygens (including phenoxy) is 2. The van der Waals surface area contributed by atoms with Crippen LogP contribution in [0.3, 0.4) is 0 Å². The van der Waals surface area contributed by atoms with Gasteiger partial charge in [-0.05, 0) is 6.42 Å². The molecule has 1 atom stereocenters. The minimum atomic E-state index is -0.278. The van der Waals surface area contributed by atoms with Crippen molar-refractivity contribution >= 4 is 11.9 Å². The second-order valence-electron chi connectivity index (χ2n) is 2.88. The highest BCUT2D eigenvalue weighted by Gasteiger charge is 2.23. The summed E-state index contributed by atoms with van der Waals surface area (Å²) in [5.74, 6) is -0.195. The van der Waals surface area contributed by atoms with Crippen molar-refractivity contribution in [2.24, 2.45) is 5.92 Å². The van der Waals surface area contributed by atoms with E-state index in [9.17, 15) is 9.59 Å². The van der Waals surface area contributed by atoms with Crippen molar-refractivity contribution < 1.29 is 19.1 Å². The Balaban J connectivity index is 2.08. The predicted octanol–water partition coefficient (Wildman–Crippen LogP) is 0.503. The molecule has 12 heavy (non-hydrogen) atoms. The minimum Gasteiger partial charge on any atom is -0.466 e. The Bertz CT molecular complexity index is 187. The summed E-state index contributed by atoms with van der Waals surface area (Å²) in [6.07, 6.45) is 1.17. The lowest BCUT2D eigenvalue weighted by molar-refractivity contribution is -0.141. The van der Waals surface area contributed by atoms with Gasteiger partial charge in [0.25, 0.3) is 0 Å². The summed E-state index contributed by atoms with van der Waals surface area (Å²) in [5, 5.41) is 0. The van der Waals surface area contributed by atoms with Crippen LogP contribution in [0.25, 0.3) is 0 Å².